The van der Waals surface area contributed by atoms with Gasteiger partial charge in [0.1, 0.15) is 0 Å². The van der Waals surface area contributed by atoms with Crippen LogP contribution < -0.4 is 14.7 Å². The molecule has 0 aromatic heterocycles. The molecule has 0 atom stereocenters. The molecule has 0 amide bonds. The van der Waals surface area contributed by atoms with Crippen LogP contribution in [0.15, 0.2) is 0 Å². The summed E-state index contributed by atoms with van der Waals surface area (Å²) in [5.41, 5.74) is 0. The van der Waals surface area contributed by atoms with E-state index < -0.39 is 7.82 Å². The van der Waals surface area contributed by atoms with Crippen molar-refractivity contribution >= 4 is 7.82 Å². The van der Waals surface area contributed by atoms with Crippen molar-refractivity contribution in [3.05, 3.63) is 0 Å². The summed E-state index contributed by atoms with van der Waals surface area (Å²) in [6.07, 6.45) is 0. The molecule has 4 nitrogen and oxygen atoms in total. The maximum atomic E-state index is 8.55. The summed E-state index contributed by atoms with van der Waals surface area (Å²) in [7, 11) is -5.39. The molecule has 0 unspecified atom stereocenters. The first kappa shape index (κ1) is 9.81. The molecule has 0 N–H and O–H groups in total. The van der Waals surface area contributed by atoms with Gasteiger partial charge in [0.05, 0.1) is 0 Å². The Morgan fingerprint density at radius 2 is 1.17 bits per heavy atom. The van der Waals surface area contributed by atoms with E-state index in [1.807, 2.05) is 0 Å². The van der Waals surface area contributed by atoms with Crippen LogP contribution in [-0.4, -0.2) is 0 Å². The summed E-state index contributed by atoms with van der Waals surface area (Å²) in [5.74, 6) is 0. The third kappa shape index (κ3) is 149. The largest absolute Gasteiger partial charge is 3.00 e. The summed E-state index contributed by atoms with van der Waals surface area (Å²) in [4.78, 5) is 25.6. The van der Waals surface area contributed by atoms with Crippen molar-refractivity contribution in [1.29, 1.82) is 0 Å². The summed E-state index contributed by atoms with van der Waals surface area (Å²) in [6, 6.07) is 0. The zero-order chi connectivity index (χ0) is 4.50. The van der Waals surface area contributed by atoms with Gasteiger partial charge < -0.3 is 19.2 Å². The number of rotatable bonds is 0. The summed E-state index contributed by atoms with van der Waals surface area (Å²) >= 11 is 0. The molecule has 6 heteroatoms. The molecule has 1 radical (unpaired) electrons. The van der Waals surface area contributed by atoms with Gasteiger partial charge in [-0.1, -0.05) is 0 Å². The van der Waals surface area contributed by atoms with Crippen LogP contribution in [0.4, 0.5) is 0 Å². The van der Waals surface area contributed by atoms with Crippen molar-refractivity contribution in [3.63, 3.8) is 0 Å². The molecule has 35 valence electrons. The molecule has 0 bridgehead atoms. The van der Waals surface area contributed by atoms with Gasteiger partial charge in [-0.25, -0.2) is 0 Å². The standard InChI is InChI=1S/Cr.H3O4P/c;1-5(2,3)4/h;(H3,1,2,3,4)/q+3;/p-3. The minimum absolute atomic E-state index is 0. The van der Waals surface area contributed by atoms with Crippen LogP contribution in [0.5, 0.6) is 0 Å². The van der Waals surface area contributed by atoms with Crippen molar-refractivity contribution < 1.29 is 36.6 Å². The predicted molar refractivity (Wildman–Crippen MR) is 7.61 cm³/mol. The van der Waals surface area contributed by atoms with Gasteiger partial charge in [0.2, 0.25) is 0 Å². The quantitative estimate of drug-likeness (QED) is 0.345. The van der Waals surface area contributed by atoms with E-state index in [0.717, 1.165) is 0 Å². The second-order valence-corrected chi connectivity index (χ2v) is 1.34. The van der Waals surface area contributed by atoms with Crippen molar-refractivity contribution in [2.75, 3.05) is 0 Å². The molecule has 0 aliphatic heterocycles. The van der Waals surface area contributed by atoms with Gasteiger partial charge in [0, 0.05) is 0 Å². The monoisotopic (exact) mass is 147 g/mol. The Balaban J connectivity index is 0. The Labute approximate surface area is 45.2 Å². The topological polar surface area (TPSA) is 86.2 Å². The van der Waals surface area contributed by atoms with Crippen LogP contribution >= 0.6 is 7.82 Å². The minimum Gasteiger partial charge on any atom is -0.822 e. The average molecular weight is 147 g/mol. The van der Waals surface area contributed by atoms with Gasteiger partial charge >= 0.3 is 17.4 Å². The number of hydrogen-bond acceptors (Lipinski definition) is 4. The van der Waals surface area contributed by atoms with Crippen LogP contribution in [0.3, 0.4) is 0 Å². The van der Waals surface area contributed by atoms with E-state index in [9.17, 15) is 0 Å². The zero-order valence-electron chi connectivity index (χ0n) is 2.49. The summed E-state index contributed by atoms with van der Waals surface area (Å²) in [6.45, 7) is 0. The molecule has 0 aromatic carbocycles. The van der Waals surface area contributed by atoms with Crippen LogP contribution in [-0.2, 0) is 21.9 Å². The van der Waals surface area contributed by atoms with Gasteiger partial charge in [0.15, 0.2) is 0 Å². The van der Waals surface area contributed by atoms with Crippen molar-refractivity contribution in [2.45, 2.75) is 0 Å². The Morgan fingerprint density at radius 3 is 1.17 bits per heavy atom. The minimum atomic E-state index is -5.39. The summed E-state index contributed by atoms with van der Waals surface area (Å²) < 4.78 is 8.55. The molecule has 0 fully saturated rings. The van der Waals surface area contributed by atoms with E-state index in [4.69, 9.17) is 19.2 Å². The zero-order valence-corrected chi connectivity index (χ0v) is 4.66. The fourth-order valence-electron chi connectivity index (χ4n) is 0. The fraction of sp³-hybridized carbons (Fsp3) is 0. The van der Waals surface area contributed by atoms with E-state index in [1.54, 1.807) is 0 Å². The third-order valence-electron chi connectivity index (χ3n) is 0. The van der Waals surface area contributed by atoms with Gasteiger partial charge in [-0.3, -0.25) is 0 Å². The fourth-order valence-corrected chi connectivity index (χ4v) is 0. The molecular formula is CrO4P. The molecule has 0 aliphatic carbocycles. The molecule has 6 heavy (non-hydrogen) atoms. The average Bonchev–Trinajstić information content (AvgIpc) is 0.722. The van der Waals surface area contributed by atoms with Gasteiger partial charge in [0.25, 0.3) is 0 Å². The van der Waals surface area contributed by atoms with Crippen LogP contribution in [0.25, 0.3) is 0 Å². The molecule has 0 saturated heterocycles. The Bertz CT molecular complexity index is 53.7. The Kier molecular flexibility index (Phi) is 4.51. The van der Waals surface area contributed by atoms with Gasteiger partial charge in [-0.15, -0.1) is 0 Å². The van der Waals surface area contributed by atoms with Crippen molar-refractivity contribution in [1.82, 2.24) is 0 Å². The van der Waals surface area contributed by atoms with Gasteiger partial charge in [-0.2, -0.15) is 7.82 Å². The molecule has 0 spiro atoms. The number of hydrogen-bond donors (Lipinski definition) is 0. The van der Waals surface area contributed by atoms with E-state index >= 15 is 0 Å². The van der Waals surface area contributed by atoms with Crippen LogP contribution in [0.1, 0.15) is 0 Å². The molecule has 0 aliphatic rings. The Morgan fingerprint density at radius 1 is 1.17 bits per heavy atom. The first-order valence-electron chi connectivity index (χ1n) is 0.730. The van der Waals surface area contributed by atoms with Crippen molar-refractivity contribution in [2.24, 2.45) is 0 Å². The SMILES string of the molecule is O=P([O-])([O-])[O-].[Cr+3]. The normalized spacial score (nSPS) is 9.83. The predicted octanol–water partition coefficient (Wildman–Crippen LogP) is -2.83. The van der Waals surface area contributed by atoms with Crippen LogP contribution in [0.2, 0.25) is 0 Å². The molecule has 0 heterocycles. The van der Waals surface area contributed by atoms with E-state index in [1.165, 1.54) is 0 Å². The second kappa shape index (κ2) is 2.76. The molecule has 0 rings (SSSR count). The Hall–Kier alpha value is 0.642. The maximum Gasteiger partial charge on any atom is 3.00 e. The van der Waals surface area contributed by atoms with E-state index in [2.05, 4.69) is 0 Å². The number of phosphoric acid groups is 1. The maximum absolute atomic E-state index is 8.55. The second-order valence-electron chi connectivity index (χ2n) is 0.447. The smallest absolute Gasteiger partial charge is 0.822 e. The summed E-state index contributed by atoms with van der Waals surface area (Å²) in [5, 5.41) is 0. The first-order valence-corrected chi connectivity index (χ1v) is 2.19. The van der Waals surface area contributed by atoms with Gasteiger partial charge in [-0.05, 0) is 0 Å². The van der Waals surface area contributed by atoms with E-state index in [0.29, 0.717) is 0 Å². The van der Waals surface area contributed by atoms with Crippen LogP contribution in [0, 0.1) is 0 Å². The van der Waals surface area contributed by atoms with E-state index in [-0.39, 0.29) is 17.4 Å². The molecule has 0 saturated carbocycles. The van der Waals surface area contributed by atoms with Crippen molar-refractivity contribution in [3.8, 4) is 0 Å². The third-order valence-corrected chi connectivity index (χ3v) is 0. The molecule has 0 aromatic rings. The molecular weight excluding hydrogens is 147 g/mol. The first-order chi connectivity index (χ1) is 2.00.